The summed E-state index contributed by atoms with van der Waals surface area (Å²) in [6, 6.07) is 0. The molecule has 1 atom stereocenters. The summed E-state index contributed by atoms with van der Waals surface area (Å²) in [5.74, 6) is 0.426. The van der Waals surface area contributed by atoms with E-state index in [1.807, 2.05) is 0 Å². The maximum absolute atomic E-state index is 10.7. The third-order valence-electron chi connectivity index (χ3n) is 1.42. The van der Waals surface area contributed by atoms with Gasteiger partial charge in [0, 0.05) is 5.88 Å². The number of halogens is 1. The molecule has 0 aromatic carbocycles. The standard InChI is InChI=1S/C6H12ClNO/c1-5(9)6(2,8)3-4-7/h3-4,8H2,1-2H3. The highest BCUT2D eigenvalue weighted by Gasteiger charge is 2.22. The second-order valence-electron chi connectivity index (χ2n) is 2.41. The largest absolute Gasteiger partial charge is 0.319 e. The van der Waals surface area contributed by atoms with Gasteiger partial charge in [-0.2, -0.15) is 0 Å². The van der Waals surface area contributed by atoms with Crippen molar-refractivity contribution >= 4 is 17.4 Å². The van der Waals surface area contributed by atoms with E-state index in [0.29, 0.717) is 12.3 Å². The fourth-order valence-electron chi connectivity index (χ4n) is 0.372. The molecule has 0 aliphatic carbocycles. The number of carbonyl (C=O) groups excluding carboxylic acids is 1. The van der Waals surface area contributed by atoms with Crippen LogP contribution in [0.15, 0.2) is 0 Å². The topological polar surface area (TPSA) is 43.1 Å². The van der Waals surface area contributed by atoms with E-state index in [9.17, 15) is 4.79 Å². The lowest BCUT2D eigenvalue weighted by Gasteiger charge is -2.18. The third-order valence-corrected chi connectivity index (χ3v) is 1.61. The first-order valence-electron chi connectivity index (χ1n) is 2.86. The maximum Gasteiger partial charge on any atom is 0.149 e. The van der Waals surface area contributed by atoms with Crippen LogP contribution in [0.5, 0.6) is 0 Å². The SMILES string of the molecule is CC(=O)C(C)(N)CCCl. The summed E-state index contributed by atoms with van der Waals surface area (Å²) >= 11 is 5.40. The first kappa shape index (κ1) is 8.92. The Morgan fingerprint density at radius 3 is 2.33 bits per heavy atom. The molecule has 2 N–H and O–H groups in total. The van der Waals surface area contributed by atoms with Crippen LogP contribution in [0.1, 0.15) is 20.3 Å². The van der Waals surface area contributed by atoms with Gasteiger partial charge in [-0.05, 0) is 20.3 Å². The van der Waals surface area contributed by atoms with Gasteiger partial charge in [0.25, 0.3) is 0 Å². The van der Waals surface area contributed by atoms with Gasteiger partial charge in [0.2, 0.25) is 0 Å². The first-order chi connectivity index (χ1) is 4.00. The molecule has 54 valence electrons. The van der Waals surface area contributed by atoms with Gasteiger partial charge < -0.3 is 5.73 Å². The summed E-state index contributed by atoms with van der Waals surface area (Å²) in [6.45, 7) is 3.17. The highest BCUT2D eigenvalue weighted by Crippen LogP contribution is 2.06. The Balaban J connectivity index is 3.85. The van der Waals surface area contributed by atoms with Gasteiger partial charge in [0.1, 0.15) is 5.78 Å². The van der Waals surface area contributed by atoms with Crippen LogP contribution in [-0.2, 0) is 4.79 Å². The molecule has 9 heavy (non-hydrogen) atoms. The van der Waals surface area contributed by atoms with E-state index < -0.39 is 5.54 Å². The Morgan fingerprint density at radius 1 is 1.78 bits per heavy atom. The van der Waals surface area contributed by atoms with Crippen LogP contribution in [0.2, 0.25) is 0 Å². The van der Waals surface area contributed by atoms with E-state index in [1.54, 1.807) is 6.92 Å². The second-order valence-corrected chi connectivity index (χ2v) is 2.79. The van der Waals surface area contributed by atoms with Crippen molar-refractivity contribution < 1.29 is 4.79 Å². The van der Waals surface area contributed by atoms with Gasteiger partial charge in [-0.1, -0.05) is 0 Å². The highest BCUT2D eigenvalue weighted by molar-refractivity contribution is 6.18. The van der Waals surface area contributed by atoms with Crippen LogP contribution in [0, 0.1) is 0 Å². The molecule has 3 heteroatoms. The number of rotatable bonds is 3. The van der Waals surface area contributed by atoms with Crippen LogP contribution >= 0.6 is 11.6 Å². The number of ketones is 1. The number of hydrogen-bond donors (Lipinski definition) is 1. The minimum absolute atomic E-state index is 0.0110. The van der Waals surface area contributed by atoms with Crippen LogP contribution < -0.4 is 5.73 Å². The van der Waals surface area contributed by atoms with Gasteiger partial charge in [-0.3, -0.25) is 4.79 Å². The van der Waals surface area contributed by atoms with Crippen molar-refractivity contribution in [1.82, 2.24) is 0 Å². The summed E-state index contributed by atoms with van der Waals surface area (Å²) in [6.07, 6.45) is 0.546. The Hall–Kier alpha value is -0.0800. The fourth-order valence-corrected chi connectivity index (χ4v) is 0.765. The molecule has 0 aliphatic rings. The van der Waals surface area contributed by atoms with Gasteiger partial charge in [-0.25, -0.2) is 0 Å². The van der Waals surface area contributed by atoms with Crippen molar-refractivity contribution in [3.05, 3.63) is 0 Å². The Kier molecular flexibility index (Phi) is 3.15. The first-order valence-corrected chi connectivity index (χ1v) is 3.40. The van der Waals surface area contributed by atoms with Crippen molar-refractivity contribution in [3.8, 4) is 0 Å². The zero-order chi connectivity index (χ0) is 7.49. The zero-order valence-electron chi connectivity index (χ0n) is 5.78. The monoisotopic (exact) mass is 149 g/mol. The summed E-state index contributed by atoms with van der Waals surface area (Å²) in [4.78, 5) is 10.7. The summed E-state index contributed by atoms with van der Waals surface area (Å²) in [5.41, 5.74) is 4.82. The second kappa shape index (κ2) is 3.18. The predicted octanol–water partition coefficient (Wildman–Crippen LogP) is 0.922. The Labute approximate surface area is 60.4 Å². The number of alkyl halides is 1. The number of carbonyl (C=O) groups is 1. The van der Waals surface area contributed by atoms with E-state index in [-0.39, 0.29) is 5.78 Å². The molecule has 0 amide bonds. The quantitative estimate of drug-likeness (QED) is 0.607. The Morgan fingerprint density at radius 2 is 2.22 bits per heavy atom. The molecule has 0 spiro atoms. The van der Waals surface area contributed by atoms with E-state index in [1.165, 1.54) is 6.92 Å². The minimum atomic E-state index is -0.720. The van der Waals surface area contributed by atoms with E-state index in [0.717, 1.165) is 0 Å². The molecule has 0 radical (unpaired) electrons. The average molecular weight is 150 g/mol. The number of nitrogens with two attached hydrogens (primary N) is 1. The molecule has 0 saturated heterocycles. The van der Waals surface area contributed by atoms with E-state index >= 15 is 0 Å². The van der Waals surface area contributed by atoms with Gasteiger partial charge in [0.05, 0.1) is 5.54 Å². The zero-order valence-corrected chi connectivity index (χ0v) is 6.53. The molecular formula is C6H12ClNO. The van der Waals surface area contributed by atoms with Crippen LogP contribution in [0.25, 0.3) is 0 Å². The molecule has 0 saturated carbocycles. The highest BCUT2D eigenvalue weighted by atomic mass is 35.5. The van der Waals surface area contributed by atoms with Gasteiger partial charge >= 0.3 is 0 Å². The molecule has 0 aromatic heterocycles. The lowest BCUT2D eigenvalue weighted by Crippen LogP contribution is -2.43. The van der Waals surface area contributed by atoms with Crippen LogP contribution in [-0.4, -0.2) is 17.2 Å². The molecule has 2 nitrogen and oxygen atoms in total. The van der Waals surface area contributed by atoms with Crippen LogP contribution in [0.4, 0.5) is 0 Å². The summed E-state index contributed by atoms with van der Waals surface area (Å²) in [5, 5.41) is 0. The van der Waals surface area contributed by atoms with E-state index in [2.05, 4.69) is 0 Å². The van der Waals surface area contributed by atoms with Crippen molar-refractivity contribution in [1.29, 1.82) is 0 Å². The van der Waals surface area contributed by atoms with Gasteiger partial charge in [-0.15, -0.1) is 11.6 Å². The van der Waals surface area contributed by atoms with Gasteiger partial charge in [0.15, 0.2) is 0 Å². The molecule has 0 heterocycles. The van der Waals surface area contributed by atoms with Crippen molar-refractivity contribution in [2.24, 2.45) is 5.73 Å². The molecule has 0 rings (SSSR count). The molecular weight excluding hydrogens is 138 g/mol. The number of hydrogen-bond acceptors (Lipinski definition) is 2. The van der Waals surface area contributed by atoms with Crippen molar-refractivity contribution in [3.63, 3.8) is 0 Å². The molecule has 0 aliphatic heterocycles. The predicted molar refractivity (Wildman–Crippen MR) is 38.6 cm³/mol. The lowest BCUT2D eigenvalue weighted by molar-refractivity contribution is -0.121. The molecule has 0 aromatic rings. The average Bonchev–Trinajstić information content (AvgIpc) is 1.65. The number of Topliss-reactive ketones (excluding diaryl/α,β-unsaturated/α-hetero) is 1. The smallest absolute Gasteiger partial charge is 0.149 e. The van der Waals surface area contributed by atoms with Crippen molar-refractivity contribution in [2.45, 2.75) is 25.8 Å². The molecule has 1 unspecified atom stereocenters. The summed E-state index contributed by atoms with van der Waals surface area (Å²) in [7, 11) is 0. The fraction of sp³-hybridized carbons (Fsp3) is 0.833. The van der Waals surface area contributed by atoms with Crippen molar-refractivity contribution in [2.75, 3.05) is 5.88 Å². The normalized spacial score (nSPS) is 16.9. The maximum atomic E-state index is 10.7. The lowest BCUT2D eigenvalue weighted by atomic mass is 9.96. The third kappa shape index (κ3) is 2.82. The Bertz CT molecular complexity index is 112. The summed E-state index contributed by atoms with van der Waals surface area (Å²) < 4.78 is 0. The van der Waals surface area contributed by atoms with Crippen LogP contribution in [0.3, 0.4) is 0 Å². The molecule has 0 bridgehead atoms. The minimum Gasteiger partial charge on any atom is -0.319 e. The van der Waals surface area contributed by atoms with E-state index in [4.69, 9.17) is 17.3 Å². The molecule has 0 fully saturated rings.